The van der Waals surface area contributed by atoms with Gasteiger partial charge in [0.2, 0.25) is 10.0 Å². The summed E-state index contributed by atoms with van der Waals surface area (Å²) < 4.78 is 34.0. The Morgan fingerprint density at radius 2 is 1.83 bits per heavy atom. The lowest BCUT2D eigenvalue weighted by molar-refractivity contribution is -0.118. The minimum atomic E-state index is -3.53. The molecule has 0 saturated carbocycles. The highest BCUT2D eigenvalue weighted by atomic mass is 79.9. The van der Waals surface area contributed by atoms with Crippen LogP contribution >= 0.6 is 15.9 Å². The Kier molecular flexibility index (Phi) is 7.32. The zero-order valence-corrected chi connectivity index (χ0v) is 18.7. The monoisotopic (exact) mass is 480 g/mol. The van der Waals surface area contributed by atoms with Gasteiger partial charge in [0.15, 0.2) is 6.61 Å². The second-order valence-corrected chi connectivity index (χ2v) is 9.79. The van der Waals surface area contributed by atoms with Crippen molar-refractivity contribution >= 4 is 37.5 Å². The van der Waals surface area contributed by atoms with Crippen LogP contribution in [0, 0.1) is 0 Å². The van der Waals surface area contributed by atoms with Gasteiger partial charge >= 0.3 is 0 Å². The summed E-state index contributed by atoms with van der Waals surface area (Å²) in [4.78, 5) is 12.3. The number of ether oxygens (including phenoxy) is 1. The lowest BCUT2D eigenvalue weighted by atomic mass is 10.0. The average molecular weight is 481 g/mol. The third-order valence-corrected chi connectivity index (χ3v) is 7.47. The van der Waals surface area contributed by atoms with Crippen molar-refractivity contribution in [1.29, 1.82) is 0 Å². The van der Waals surface area contributed by atoms with E-state index < -0.39 is 10.0 Å². The molecular weight excluding hydrogens is 456 g/mol. The van der Waals surface area contributed by atoms with Crippen LogP contribution < -0.4 is 10.1 Å². The van der Waals surface area contributed by atoms with Gasteiger partial charge < -0.3 is 10.1 Å². The third kappa shape index (κ3) is 5.58. The number of rotatable bonds is 7. The van der Waals surface area contributed by atoms with E-state index >= 15 is 0 Å². The molecule has 29 heavy (non-hydrogen) atoms. The first-order valence-electron chi connectivity index (χ1n) is 9.70. The van der Waals surface area contributed by atoms with Crippen molar-refractivity contribution in [3.63, 3.8) is 0 Å². The van der Waals surface area contributed by atoms with Crippen molar-refractivity contribution in [2.24, 2.45) is 0 Å². The Bertz CT molecular complexity index is 930. The number of hydrogen-bond donors (Lipinski definition) is 1. The molecule has 0 bridgehead atoms. The molecule has 0 spiro atoms. The van der Waals surface area contributed by atoms with Gasteiger partial charge in [-0.2, -0.15) is 4.31 Å². The Labute approximate surface area is 180 Å². The second-order valence-electron chi connectivity index (χ2n) is 6.99. The number of anilines is 1. The number of halogens is 1. The molecule has 0 radical (unpaired) electrons. The number of hydrogen-bond acceptors (Lipinski definition) is 4. The number of amides is 1. The van der Waals surface area contributed by atoms with E-state index in [-0.39, 0.29) is 23.5 Å². The zero-order valence-electron chi connectivity index (χ0n) is 16.3. The first kappa shape index (κ1) is 21.8. The van der Waals surface area contributed by atoms with E-state index in [0.717, 1.165) is 30.2 Å². The topological polar surface area (TPSA) is 75.7 Å². The van der Waals surface area contributed by atoms with Crippen molar-refractivity contribution in [3.05, 3.63) is 53.0 Å². The number of benzene rings is 2. The molecule has 3 rings (SSSR count). The van der Waals surface area contributed by atoms with E-state index in [1.165, 1.54) is 0 Å². The number of carbonyl (C=O) groups excluding carboxylic acids is 1. The molecule has 1 fully saturated rings. The van der Waals surface area contributed by atoms with E-state index in [4.69, 9.17) is 4.74 Å². The fraction of sp³-hybridized carbons (Fsp3) is 0.381. The maximum Gasteiger partial charge on any atom is 0.262 e. The number of nitrogens with one attached hydrogen (secondary N) is 1. The normalized spacial score (nSPS) is 17.7. The molecule has 2 aromatic rings. The minimum Gasteiger partial charge on any atom is -0.484 e. The molecule has 1 amide bonds. The summed E-state index contributed by atoms with van der Waals surface area (Å²) in [7, 11) is -3.53. The first-order chi connectivity index (χ1) is 13.9. The molecule has 1 saturated heterocycles. The number of carbonyl (C=O) groups is 1. The fourth-order valence-electron chi connectivity index (χ4n) is 3.42. The average Bonchev–Trinajstić information content (AvgIpc) is 2.73. The van der Waals surface area contributed by atoms with Crippen LogP contribution in [-0.4, -0.2) is 37.8 Å². The standard InChI is InChI=1S/C21H25BrN2O4S/c1-2-18-5-3-4-14-24(18)29(26,27)20-12-8-17(9-13-20)23-21(25)15-28-19-10-6-16(22)7-11-19/h6-13,18H,2-5,14-15H2,1H3,(H,23,25). The van der Waals surface area contributed by atoms with E-state index in [1.54, 1.807) is 40.7 Å². The van der Waals surface area contributed by atoms with Crippen LogP contribution in [0.1, 0.15) is 32.6 Å². The van der Waals surface area contributed by atoms with Gasteiger partial charge in [0.1, 0.15) is 5.75 Å². The van der Waals surface area contributed by atoms with Crippen molar-refractivity contribution in [2.45, 2.75) is 43.5 Å². The van der Waals surface area contributed by atoms with Crippen LogP contribution in [0.15, 0.2) is 57.9 Å². The third-order valence-electron chi connectivity index (χ3n) is 4.97. The summed E-state index contributed by atoms with van der Waals surface area (Å²) in [6, 6.07) is 13.6. The number of sulfonamides is 1. The summed E-state index contributed by atoms with van der Waals surface area (Å²) in [6.07, 6.45) is 3.67. The van der Waals surface area contributed by atoms with Crippen LogP contribution in [0.4, 0.5) is 5.69 Å². The molecule has 1 aliphatic rings. The van der Waals surface area contributed by atoms with E-state index in [0.29, 0.717) is 18.0 Å². The van der Waals surface area contributed by atoms with E-state index in [9.17, 15) is 13.2 Å². The number of piperidine rings is 1. The van der Waals surface area contributed by atoms with Crippen LogP contribution in [-0.2, 0) is 14.8 Å². The summed E-state index contributed by atoms with van der Waals surface area (Å²) >= 11 is 3.34. The largest absolute Gasteiger partial charge is 0.484 e. The van der Waals surface area contributed by atoms with Gasteiger partial charge in [0, 0.05) is 22.7 Å². The van der Waals surface area contributed by atoms with E-state index in [2.05, 4.69) is 21.2 Å². The van der Waals surface area contributed by atoms with E-state index in [1.807, 2.05) is 19.1 Å². The molecule has 1 N–H and O–H groups in total. The summed E-state index contributed by atoms with van der Waals surface area (Å²) in [6.45, 7) is 2.45. The lowest BCUT2D eigenvalue weighted by Gasteiger charge is -2.34. The number of nitrogens with zero attached hydrogens (tertiary/aromatic N) is 1. The highest BCUT2D eigenvalue weighted by Gasteiger charge is 2.32. The summed E-state index contributed by atoms with van der Waals surface area (Å²) in [5.41, 5.74) is 0.527. The molecule has 0 aromatic heterocycles. The van der Waals surface area contributed by atoms with Gasteiger partial charge in [-0.25, -0.2) is 8.42 Å². The molecule has 8 heteroatoms. The summed E-state index contributed by atoms with van der Waals surface area (Å²) in [5, 5.41) is 2.72. The van der Waals surface area contributed by atoms with Crippen LogP contribution in [0.2, 0.25) is 0 Å². The van der Waals surface area contributed by atoms with Gasteiger partial charge in [-0.3, -0.25) is 4.79 Å². The molecule has 6 nitrogen and oxygen atoms in total. The molecule has 0 aliphatic carbocycles. The van der Waals surface area contributed by atoms with Gasteiger partial charge in [-0.1, -0.05) is 29.3 Å². The molecule has 1 heterocycles. The zero-order chi connectivity index (χ0) is 20.9. The Hall–Kier alpha value is -1.90. The predicted octanol–water partition coefficient (Wildman–Crippen LogP) is 4.42. The van der Waals surface area contributed by atoms with Gasteiger partial charge in [-0.05, 0) is 67.8 Å². The van der Waals surface area contributed by atoms with Crippen molar-refractivity contribution in [1.82, 2.24) is 4.31 Å². The molecule has 1 unspecified atom stereocenters. The Morgan fingerprint density at radius 3 is 2.48 bits per heavy atom. The molecule has 1 atom stereocenters. The van der Waals surface area contributed by atoms with Crippen LogP contribution in [0.25, 0.3) is 0 Å². The van der Waals surface area contributed by atoms with Crippen molar-refractivity contribution < 1.29 is 17.9 Å². The first-order valence-corrected chi connectivity index (χ1v) is 11.9. The molecule has 156 valence electrons. The SMILES string of the molecule is CCC1CCCCN1S(=O)(=O)c1ccc(NC(=O)COc2ccc(Br)cc2)cc1. The second kappa shape index (κ2) is 9.73. The van der Waals surface area contributed by atoms with Gasteiger partial charge in [0.25, 0.3) is 5.91 Å². The highest BCUT2D eigenvalue weighted by molar-refractivity contribution is 9.10. The molecule has 2 aromatic carbocycles. The quantitative estimate of drug-likeness (QED) is 0.636. The maximum atomic E-state index is 13.0. The predicted molar refractivity (Wildman–Crippen MR) is 117 cm³/mol. The Balaban J connectivity index is 1.60. The Morgan fingerprint density at radius 1 is 1.14 bits per heavy atom. The fourth-order valence-corrected chi connectivity index (χ4v) is 5.45. The molecule has 1 aliphatic heterocycles. The smallest absolute Gasteiger partial charge is 0.262 e. The summed E-state index contributed by atoms with van der Waals surface area (Å²) in [5.74, 6) is 0.280. The maximum absolute atomic E-state index is 13.0. The highest BCUT2D eigenvalue weighted by Crippen LogP contribution is 2.27. The van der Waals surface area contributed by atoms with Crippen LogP contribution in [0.5, 0.6) is 5.75 Å². The minimum absolute atomic E-state index is 0.0592. The lowest BCUT2D eigenvalue weighted by Crippen LogP contribution is -2.43. The van der Waals surface area contributed by atoms with Gasteiger partial charge in [0.05, 0.1) is 4.90 Å². The molecular formula is C21H25BrN2O4S. The van der Waals surface area contributed by atoms with Crippen molar-refractivity contribution in [2.75, 3.05) is 18.5 Å². The van der Waals surface area contributed by atoms with Crippen LogP contribution in [0.3, 0.4) is 0 Å². The van der Waals surface area contributed by atoms with Gasteiger partial charge in [-0.15, -0.1) is 0 Å². The van der Waals surface area contributed by atoms with Crippen molar-refractivity contribution in [3.8, 4) is 5.75 Å².